The maximum absolute atomic E-state index is 13.2. The normalized spacial score (nSPS) is 11.9. The number of carbonyl (C=O) groups excluding carboxylic acids is 1. The van der Waals surface area contributed by atoms with Gasteiger partial charge in [-0.2, -0.15) is 0 Å². The van der Waals surface area contributed by atoms with Gasteiger partial charge < -0.3 is 9.15 Å². The van der Waals surface area contributed by atoms with Crippen molar-refractivity contribution in [3.05, 3.63) is 75.2 Å². The molecule has 3 rings (SSSR count). The van der Waals surface area contributed by atoms with Gasteiger partial charge in [-0.15, -0.1) is 0 Å². The van der Waals surface area contributed by atoms with Crippen LogP contribution in [0, 0.1) is 13.8 Å². The molecular weight excluding hydrogens is 444 g/mol. The van der Waals surface area contributed by atoms with Gasteiger partial charge >= 0.3 is 0 Å². The van der Waals surface area contributed by atoms with Crippen LogP contribution in [0.1, 0.15) is 23.8 Å². The molecule has 28 heavy (non-hydrogen) atoms. The molecule has 0 saturated heterocycles. The zero-order chi connectivity index (χ0) is 20.3. The Bertz CT molecular complexity index is 952. The predicted molar refractivity (Wildman–Crippen MR) is 113 cm³/mol. The van der Waals surface area contributed by atoms with Gasteiger partial charge in [0.1, 0.15) is 17.3 Å². The van der Waals surface area contributed by atoms with Crippen LogP contribution in [-0.4, -0.2) is 17.0 Å². The fourth-order valence-corrected chi connectivity index (χ4v) is 3.28. The van der Waals surface area contributed by atoms with Crippen molar-refractivity contribution in [2.75, 3.05) is 4.90 Å². The smallest absolute Gasteiger partial charge is 0.269 e. The summed E-state index contributed by atoms with van der Waals surface area (Å²) in [6, 6.07) is 12.7. The minimum absolute atomic E-state index is 0.225. The second kappa shape index (κ2) is 8.80. The van der Waals surface area contributed by atoms with Crippen LogP contribution in [0.4, 0.5) is 5.82 Å². The molecule has 1 aromatic carbocycles. The molecule has 0 spiro atoms. The highest BCUT2D eigenvalue weighted by atomic mass is 79.9. The summed E-state index contributed by atoms with van der Waals surface area (Å²) in [5.41, 5.74) is 1.80. The highest BCUT2D eigenvalue weighted by Gasteiger charge is 2.26. The quantitative estimate of drug-likeness (QED) is 0.470. The van der Waals surface area contributed by atoms with Crippen molar-refractivity contribution in [3.63, 3.8) is 0 Å². The van der Waals surface area contributed by atoms with Crippen LogP contribution in [0.3, 0.4) is 0 Å². The number of ether oxygens (including phenoxy) is 1. The number of amides is 1. The number of hydrogen-bond donors (Lipinski definition) is 0. The number of benzene rings is 1. The third-order valence-electron chi connectivity index (χ3n) is 4.21. The molecular formula is C21H20BrClN2O3. The Morgan fingerprint density at radius 1 is 1.25 bits per heavy atom. The van der Waals surface area contributed by atoms with Gasteiger partial charge in [0.2, 0.25) is 0 Å². The summed E-state index contributed by atoms with van der Waals surface area (Å²) in [6.45, 7) is 5.77. The Kier molecular flexibility index (Phi) is 6.42. The number of hydrogen-bond acceptors (Lipinski definition) is 4. The van der Waals surface area contributed by atoms with Gasteiger partial charge in [-0.25, -0.2) is 4.98 Å². The minimum Gasteiger partial charge on any atom is -0.481 e. The molecule has 0 unspecified atom stereocenters. The van der Waals surface area contributed by atoms with Crippen molar-refractivity contribution in [2.45, 2.75) is 33.4 Å². The van der Waals surface area contributed by atoms with Crippen molar-refractivity contribution in [1.29, 1.82) is 0 Å². The van der Waals surface area contributed by atoms with E-state index in [0.717, 1.165) is 11.1 Å². The molecule has 1 atom stereocenters. The molecule has 0 N–H and O–H groups in total. The lowest BCUT2D eigenvalue weighted by molar-refractivity contribution is -0.124. The topological polar surface area (TPSA) is 55.6 Å². The van der Waals surface area contributed by atoms with Gasteiger partial charge in [0.25, 0.3) is 5.91 Å². The average Bonchev–Trinajstić information content (AvgIpc) is 3.09. The molecule has 0 fully saturated rings. The maximum Gasteiger partial charge on any atom is 0.269 e. The van der Waals surface area contributed by atoms with E-state index in [0.29, 0.717) is 27.0 Å². The first-order chi connectivity index (χ1) is 13.3. The first kappa shape index (κ1) is 20.4. The lowest BCUT2D eigenvalue weighted by atomic mass is 10.1. The molecule has 0 radical (unpaired) electrons. The average molecular weight is 464 g/mol. The third-order valence-corrected chi connectivity index (χ3v) is 5.23. The number of furan rings is 1. The number of aromatic nitrogens is 1. The molecule has 0 saturated carbocycles. The zero-order valence-corrected chi connectivity index (χ0v) is 18.1. The molecule has 0 aliphatic rings. The predicted octanol–water partition coefficient (Wildman–Crippen LogP) is 5.71. The van der Waals surface area contributed by atoms with Crippen molar-refractivity contribution >= 4 is 39.3 Å². The lowest BCUT2D eigenvalue weighted by Gasteiger charge is -2.25. The van der Waals surface area contributed by atoms with Crippen LogP contribution in [0.2, 0.25) is 5.02 Å². The van der Waals surface area contributed by atoms with Crippen molar-refractivity contribution in [2.24, 2.45) is 0 Å². The van der Waals surface area contributed by atoms with Crippen molar-refractivity contribution in [3.8, 4) is 5.75 Å². The van der Waals surface area contributed by atoms with Crippen LogP contribution < -0.4 is 9.64 Å². The first-order valence-electron chi connectivity index (χ1n) is 8.75. The largest absolute Gasteiger partial charge is 0.481 e. The summed E-state index contributed by atoms with van der Waals surface area (Å²) in [5, 5.41) is 0.699. The highest BCUT2D eigenvalue weighted by molar-refractivity contribution is 9.10. The van der Waals surface area contributed by atoms with E-state index in [1.54, 1.807) is 36.2 Å². The summed E-state index contributed by atoms with van der Waals surface area (Å²) in [6.07, 6.45) is 0.922. The Balaban J connectivity index is 1.83. The van der Waals surface area contributed by atoms with Gasteiger partial charge in [0.15, 0.2) is 10.8 Å². The highest BCUT2D eigenvalue weighted by Crippen LogP contribution is 2.27. The van der Waals surface area contributed by atoms with Crippen LogP contribution in [0.5, 0.6) is 5.75 Å². The fourth-order valence-electron chi connectivity index (χ4n) is 2.83. The number of aryl methyl sites for hydroxylation is 2. The molecule has 2 aromatic heterocycles. The van der Waals surface area contributed by atoms with Crippen LogP contribution in [-0.2, 0) is 11.3 Å². The number of halogens is 2. The third kappa shape index (κ3) is 4.75. The van der Waals surface area contributed by atoms with E-state index in [2.05, 4.69) is 20.9 Å². The Labute approximate surface area is 177 Å². The second-order valence-corrected chi connectivity index (χ2v) is 7.61. The van der Waals surface area contributed by atoms with E-state index in [9.17, 15) is 4.79 Å². The number of rotatable bonds is 6. The molecule has 0 bridgehead atoms. The van der Waals surface area contributed by atoms with Crippen LogP contribution in [0.15, 0.2) is 57.7 Å². The molecule has 3 aromatic rings. The summed E-state index contributed by atoms with van der Waals surface area (Å²) in [7, 11) is 0. The standard InChI is InChI=1S/C21H20BrClN2O3/c1-13-10-17(11-14(2)20(13)23)27-15(3)21(26)25(19-6-4-5-9-24-19)12-16-7-8-18(22)28-16/h4-11,15H,12H2,1-3H3/t15-/m0/s1. The van der Waals surface area contributed by atoms with E-state index < -0.39 is 6.10 Å². The lowest BCUT2D eigenvalue weighted by Crippen LogP contribution is -2.40. The van der Waals surface area contributed by atoms with E-state index in [1.807, 2.05) is 38.1 Å². The zero-order valence-electron chi connectivity index (χ0n) is 15.8. The summed E-state index contributed by atoms with van der Waals surface area (Å²) < 4.78 is 12.1. The Morgan fingerprint density at radius 3 is 2.54 bits per heavy atom. The van der Waals surface area contributed by atoms with Gasteiger partial charge in [-0.05, 0) is 84.2 Å². The molecule has 146 valence electrons. The van der Waals surface area contributed by atoms with Gasteiger partial charge in [-0.3, -0.25) is 9.69 Å². The molecule has 0 aliphatic carbocycles. The molecule has 7 heteroatoms. The molecule has 0 aliphatic heterocycles. The van der Waals surface area contributed by atoms with E-state index in [4.69, 9.17) is 20.8 Å². The minimum atomic E-state index is -0.722. The SMILES string of the molecule is Cc1cc(O[C@@H](C)C(=O)N(Cc2ccc(Br)o2)c2ccccn2)cc(C)c1Cl. The summed E-state index contributed by atoms with van der Waals surface area (Å²) in [4.78, 5) is 19.0. The summed E-state index contributed by atoms with van der Waals surface area (Å²) in [5.74, 6) is 1.54. The molecule has 2 heterocycles. The number of anilines is 1. The van der Waals surface area contributed by atoms with Crippen molar-refractivity contribution in [1.82, 2.24) is 4.98 Å². The fraction of sp³-hybridized carbons (Fsp3) is 0.238. The number of nitrogens with zero attached hydrogens (tertiary/aromatic N) is 2. The van der Waals surface area contributed by atoms with Crippen molar-refractivity contribution < 1.29 is 13.9 Å². The van der Waals surface area contributed by atoms with Gasteiger partial charge in [-0.1, -0.05) is 17.7 Å². The van der Waals surface area contributed by atoms with E-state index >= 15 is 0 Å². The number of pyridine rings is 1. The van der Waals surface area contributed by atoms with Gasteiger partial charge in [0, 0.05) is 11.2 Å². The molecule has 1 amide bonds. The monoisotopic (exact) mass is 462 g/mol. The van der Waals surface area contributed by atoms with Gasteiger partial charge in [0.05, 0.1) is 6.54 Å². The van der Waals surface area contributed by atoms with E-state index in [-0.39, 0.29) is 12.5 Å². The number of carbonyl (C=O) groups is 1. The van der Waals surface area contributed by atoms with Crippen LogP contribution >= 0.6 is 27.5 Å². The second-order valence-electron chi connectivity index (χ2n) is 6.45. The molecule has 5 nitrogen and oxygen atoms in total. The summed E-state index contributed by atoms with van der Waals surface area (Å²) >= 11 is 9.50. The van der Waals surface area contributed by atoms with E-state index in [1.165, 1.54) is 0 Å². The maximum atomic E-state index is 13.2. The Morgan fingerprint density at radius 2 is 1.96 bits per heavy atom. The first-order valence-corrected chi connectivity index (χ1v) is 9.92. The van der Waals surface area contributed by atoms with Crippen LogP contribution in [0.25, 0.3) is 0 Å². The Hall–Kier alpha value is -2.31.